The Balaban J connectivity index is 1.70. The molecule has 0 spiro atoms. The molecule has 2 aromatic rings. The van der Waals surface area contributed by atoms with Crippen molar-refractivity contribution >= 4 is 34.5 Å². The Bertz CT molecular complexity index is 851. The molecule has 1 saturated heterocycles. The molecule has 8 heteroatoms. The number of nitrogens with zero attached hydrogens (tertiary/aromatic N) is 3. The number of amides is 1. The van der Waals surface area contributed by atoms with Gasteiger partial charge in [0.05, 0.1) is 29.7 Å². The highest BCUT2D eigenvalue weighted by atomic mass is 32.2. The van der Waals surface area contributed by atoms with E-state index in [4.69, 9.17) is 5.11 Å². The number of hydrogen-bond donors (Lipinski definition) is 1. The Kier molecular flexibility index (Phi) is 5.37. The minimum absolute atomic E-state index is 0.0454. The van der Waals surface area contributed by atoms with Gasteiger partial charge in [-0.2, -0.15) is 11.8 Å². The quantitative estimate of drug-likeness (QED) is 0.860. The lowest BCUT2D eigenvalue weighted by atomic mass is 10.1. The van der Waals surface area contributed by atoms with Gasteiger partial charge in [0.25, 0.3) is 5.56 Å². The molecule has 1 aliphatic heterocycles. The second-order valence-corrected chi connectivity index (χ2v) is 7.07. The zero-order valence-corrected chi connectivity index (χ0v) is 14.4. The second kappa shape index (κ2) is 7.69. The SMILES string of the molecule is O=C(O)CC1CSCCN1C(=O)CCn1cnc2ccccc2c1=O. The van der Waals surface area contributed by atoms with Crippen LogP contribution in [0.15, 0.2) is 35.4 Å². The Morgan fingerprint density at radius 2 is 2.12 bits per heavy atom. The molecule has 1 unspecified atom stereocenters. The molecule has 1 N–H and O–H groups in total. The summed E-state index contributed by atoms with van der Waals surface area (Å²) < 4.78 is 1.44. The molecule has 1 atom stereocenters. The highest BCUT2D eigenvalue weighted by Gasteiger charge is 2.28. The van der Waals surface area contributed by atoms with Gasteiger partial charge in [0, 0.05) is 31.0 Å². The van der Waals surface area contributed by atoms with Gasteiger partial charge in [-0.15, -0.1) is 0 Å². The number of thioether (sulfide) groups is 1. The van der Waals surface area contributed by atoms with E-state index in [0.717, 1.165) is 5.75 Å². The highest BCUT2D eigenvalue weighted by Crippen LogP contribution is 2.20. The molecule has 25 heavy (non-hydrogen) atoms. The summed E-state index contributed by atoms with van der Waals surface area (Å²) in [5.41, 5.74) is 0.458. The van der Waals surface area contributed by atoms with Crippen LogP contribution in [0.1, 0.15) is 12.8 Å². The monoisotopic (exact) mass is 361 g/mol. The molecular formula is C17H19N3O4S. The van der Waals surface area contributed by atoms with Crippen molar-refractivity contribution < 1.29 is 14.7 Å². The van der Waals surface area contributed by atoms with Gasteiger partial charge in [-0.1, -0.05) is 12.1 Å². The highest BCUT2D eigenvalue weighted by molar-refractivity contribution is 7.99. The molecule has 0 aliphatic carbocycles. The zero-order chi connectivity index (χ0) is 17.8. The summed E-state index contributed by atoms with van der Waals surface area (Å²) in [5, 5.41) is 9.53. The summed E-state index contributed by atoms with van der Waals surface area (Å²) in [4.78, 5) is 41.8. The van der Waals surface area contributed by atoms with Crippen molar-refractivity contribution in [1.29, 1.82) is 0 Å². The third-order valence-corrected chi connectivity index (χ3v) is 5.35. The number of fused-ring (bicyclic) bond motifs is 1. The van der Waals surface area contributed by atoms with Crippen LogP contribution in [-0.4, -0.2) is 55.5 Å². The number of benzene rings is 1. The minimum Gasteiger partial charge on any atom is -0.481 e. The summed E-state index contributed by atoms with van der Waals surface area (Å²) in [6.45, 7) is 0.783. The van der Waals surface area contributed by atoms with Crippen LogP contribution in [0.2, 0.25) is 0 Å². The van der Waals surface area contributed by atoms with Gasteiger partial charge in [-0.25, -0.2) is 4.98 Å². The van der Waals surface area contributed by atoms with Crippen LogP contribution in [0.4, 0.5) is 0 Å². The zero-order valence-electron chi connectivity index (χ0n) is 13.6. The van der Waals surface area contributed by atoms with Crippen LogP contribution < -0.4 is 5.56 Å². The Morgan fingerprint density at radius 3 is 2.92 bits per heavy atom. The van der Waals surface area contributed by atoms with E-state index in [0.29, 0.717) is 23.2 Å². The lowest BCUT2D eigenvalue weighted by molar-refractivity contribution is -0.140. The molecular weight excluding hydrogens is 342 g/mol. The third kappa shape index (κ3) is 4.01. The van der Waals surface area contributed by atoms with Crippen LogP contribution in [-0.2, 0) is 16.1 Å². The van der Waals surface area contributed by atoms with Crippen molar-refractivity contribution in [2.75, 3.05) is 18.1 Å². The van der Waals surface area contributed by atoms with E-state index in [1.165, 1.54) is 10.9 Å². The van der Waals surface area contributed by atoms with Crippen LogP contribution in [0.3, 0.4) is 0 Å². The third-order valence-electron chi connectivity index (χ3n) is 4.26. The number of para-hydroxylation sites is 1. The van der Waals surface area contributed by atoms with Crippen LogP contribution in [0.5, 0.6) is 0 Å². The number of aryl methyl sites for hydroxylation is 1. The van der Waals surface area contributed by atoms with Crippen LogP contribution in [0, 0.1) is 0 Å². The number of carboxylic acids is 1. The van der Waals surface area contributed by atoms with Crippen molar-refractivity contribution in [3.8, 4) is 0 Å². The van der Waals surface area contributed by atoms with Crippen LogP contribution in [0.25, 0.3) is 10.9 Å². The number of rotatable bonds is 5. The molecule has 0 bridgehead atoms. The maximum Gasteiger partial charge on any atom is 0.305 e. The lowest BCUT2D eigenvalue weighted by Crippen LogP contribution is -2.47. The van der Waals surface area contributed by atoms with Gasteiger partial charge in [0.15, 0.2) is 0 Å². The molecule has 1 aromatic carbocycles. The topological polar surface area (TPSA) is 92.5 Å². The summed E-state index contributed by atoms with van der Waals surface area (Å²) in [6.07, 6.45) is 1.57. The van der Waals surface area contributed by atoms with Gasteiger partial charge in [0.1, 0.15) is 0 Å². The van der Waals surface area contributed by atoms with E-state index in [1.54, 1.807) is 34.9 Å². The standard InChI is InChI=1S/C17H19N3O4S/c21-15(20-7-8-25-10-12(20)9-16(22)23)5-6-19-11-18-14-4-2-1-3-13(14)17(19)24/h1-4,11-12H,5-10H2,(H,22,23). The molecule has 7 nitrogen and oxygen atoms in total. The summed E-state index contributed by atoms with van der Waals surface area (Å²) in [5.74, 6) is 0.418. The van der Waals surface area contributed by atoms with Crippen molar-refractivity contribution in [1.82, 2.24) is 14.5 Å². The van der Waals surface area contributed by atoms with Crippen molar-refractivity contribution in [3.63, 3.8) is 0 Å². The van der Waals surface area contributed by atoms with Gasteiger partial charge < -0.3 is 10.0 Å². The number of aliphatic carboxylic acids is 1. The minimum atomic E-state index is -0.903. The van der Waals surface area contributed by atoms with Gasteiger partial charge in [-0.3, -0.25) is 19.0 Å². The van der Waals surface area contributed by atoms with Gasteiger partial charge in [0.2, 0.25) is 5.91 Å². The number of carboxylic acid groups (broad SMARTS) is 1. The molecule has 1 aromatic heterocycles. The molecule has 1 fully saturated rings. The molecule has 1 amide bonds. The largest absolute Gasteiger partial charge is 0.481 e. The number of carbonyl (C=O) groups excluding carboxylic acids is 1. The fourth-order valence-corrected chi connectivity index (χ4v) is 4.04. The fourth-order valence-electron chi connectivity index (χ4n) is 2.98. The number of aromatic nitrogens is 2. The van der Waals surface area contributed by atoms with Crippen molar-refractivity contribution in [2.45, 2.75) is 25.4 Å². The van der Waals surface area contributed by atoms with E-state index in [1.807, 2.05) is 6.07 Å². The predicted octanol–water partition coefficient (Wildman–Crippen LogP) is 1.21. The van der Waals surface area contributed by atoms with E-state index in [9.17, 15) is 14.4 Å². The summed E-state index contributed by atoms with van der Waals surface area (Å²) >= 11 is 1.66. The molecule has 132 valence electrons. The molecule has 0 radical (unpaired) electrons. The second-order valence-electron chi connectivity index (χ2n) is 5.92. The molecule has 1 aliphatic rings. The summed E-state index contributed by atoms with van der Waals surface area (Å²) in [7, 11) is 0. The van der Waals surface area contributed by atoms with Crippen molar-refractivity contribution in [2.24, 2.45) is 0 Å². The van der Waals surface area contributed by atoms with Crippen LogP contribution >= 0.6 is 11.8 Å². The first-order chi connectivity index (χ1) is 12.1. The first-order valence-corrected chi connectivity index (χ1v) is 9.25. The van der Waals surface area contributed by atoms with Gasteiger partial charge in [-0.05, 0) is 12.1 Å². The first kappa shape index (κ1) is 17.5. The van der Waals surface area contributed by atoms with E-state index < -0.39 is 5.97 Å². The maximum absolute atomic E-state index is 12.5. The Labute approximate surface area is 148 Å². The van der Waals surface area contributed by atoms with E-state index in [2.05, 4.69) is 4.98 Å². The van der Waals surface area contributed by atoms with Crippen molar-refractivity contribution in [3.05, 3.63) is 40.9 Å². The number of hydrogen-bond acceptors (Lipinski definition) is 5. The van der Waals surface area contributed by atoms with E-state index in [-0.39, 0.29) is 36.9 Å². The normalized spacial score (nSPS) is 17.6. The Morgan fingerprint density at radius 1 is 1.32 bits per heavy atom. The average Bonchev–Trinajstić information content (AvgIpc) is 2.61. The molecule has 0 saturated carbocycles. The maximum atomic E-state index is 12.5. The van der Waals surface area contributed by atoms with E-state index >= 15 is 0 Å². The van der Waals surface area contributed by atoms with Gasteiger partial charge >= 0.3 is 5.97 Å². The fraction of sp³-hybridized carbons (Fsp3) is 0.412. The summed E-state index contributed by atoms with van der Waals surface area (Å²) in [6, 6.07) is 6.81. The predicted molar refractivity (Wildman–Crippen MR) is 95.7 cm³/mol. The average molecular weight is 361 g/mol. The first-order valence-electron chi connectivity index (χ1n) is 8.09. The number of carbonyl (C=O) groups is 2. The smallest absolute Gasteiger partial charge is 0.305 e. The lowest BCUT2D eigenvalue weighted by Gasteiger charge is -2.34. The molecule has 2 heterocycles. The Hall–Kier alpha value is -2.35. The molecule has 3 rings (SSSR count).